The maximum absolute atomic E-state index is 14.2. The molecule has 22 heavy (non-hydrogen) atoms. The molecule has 1 aliphatic heterocycles. The van der Waals surface area contributed by atoms with Gasteiger partial charge in [-0.3, -0.25) is 0 Å². The van der Waals surface area contributed by atoms with Crippen LogP contribution in [0.4, 0.5) is 10.1 Å². The number of benzene rings is 2. The molecule has 3 rings (SSSR count). The van der Waals surface area contributed by atoms with E-state index in [0.29, 0.717) is 22.8 Å². The Labute approximate surface area is 137 Å². The molecule has 0 aliphatic carbocycles. The summed E-state index contributed by atoms with van der Waals surface area (Å²) < 4.78 is 14.2. The molecule has 0 aromatic heterocycles. The Morgan fingerprint density at radius 2 is 2.05 bits per heavy atom. The zero-order chi connectivity index (χ0) is 15.5. The highest BCUT2D eigenvalue weighted by molar-refractivity contribution is 7.99. The molecule has 0 spiro atoms. The van der Waals surface area contributed by atoms with E-state index in [0.717, 1.165) is 17.0 Å². The molecule has 2 aromatic carbocycles. The highest BCUT2D eigenvalue weighted by Gasteiger charge is 2.23. The van der Waals surface area contributed by atoms with Crippen molar-refractivity contribution in [1.82, 2.24) is 5.43 Å². The van der Waals surface area contributed by atoms with Gasteiger partial charge in [-0.15, -0.1) is 11.8 Å². The SMILES string of the molecule is NNC1=Nc2ccc(Cl)cc2C(c2ccccc2F)SCC1. The predicted molar refractivity (Wildman–Crippen MR) is 91.2 cm³/mol. The first-order chi connectivity index (χ1) is 10.7. The molecule has 0 fully saturated rings. The van der Waals surface area contributed by atoms with E-state index in [2.05, 4.69) is 10.4 Å². The molecule has 0 saturated heterocycles. The number of thioether (sulfide) groups is 1. The lowest BCUT2D eigenvalue weighted by Gasteiger charge is -2.23. The Morgan fingerprint density at radius 1 is 1.23 bits per heavy atom. The summed E-state index contributed by atoms with van der Waals surface area (Å²) in [6.45, 7) is 0. The average Bonchev–Trinajstić information content (AvgIpc) is 2.50. The summed E-state index contributed by atoms with van der Waals surface area (Å²) in [7, 11) is 0. The fraction of sp³-hybridized carbons (Fsp3) is 0.188. The van der Waals surface area contributed by atoms with Crippen LogP contribution in [-0.2, 0) is 0 Å². The van der Waals surface area contributed by atoms with E-state index in [4.69, 9.17) is 17.4 Å². The second-order valence-corrected chi connectivity index (χ2v) is 6.58. The monoisotopic (exact) mass is 335 g/mol. The number of aliphatic imine (C=N–C) groups is 1. The van der Waals surface area contributed by atoms with Gasteiger partial charge in [0, 0.05) is 22.8 Å². The molecule has 1 heterocycles. The van der Waals surface area contributed by atoms with Gasteiger partial charge in [0.15, 0.2) is 0 Å². The lowest BCUT2D eigenvalue weighted by atomic mass is 10.0. The highest BCUT2D eigenvalue weighted by Crippen LogP contribution is 2.43. The number of nitrogens with zero attached hydrogens (tertiary/aromatic N) is 1. The van der Waals surface area contributed by atoms with Gasteiger partial charge in [-0.05, 0) is 29.8 Å². The van der Waals surface area contributed by atoms with E-state index in [1.807, 2.05) is 24.3 Å². The number of amidine groups is 1. The first-order valence-corrected chi connectivity index (χ1v) is 8.31. The van der Waals surface area contributed by atoms with Crippen molar-refractivity contribution in [2.24, 2.45) is 10.8 Å². The summed E-state index contributed by atoms with van der Waals surface area (Å²) in [4.78, 5) is 4.55. The normalized spacial score (nSPS) is 18.0. The molecule has 1 atom stereocenters. The summed E-state index contributed by atoms with van der Waals surface area (Å²) in [6.07, 6.45) is 0.703. The van der Waals surface area contributed by atoms with Gasteiger partial charge in [-0.25, -0.2) is 15.2 Å². The lowest BCUT2D eigenvalue weighted by Crippen LogP contribution is -2.31. The fourth-order valence-electron chi connectivity index (χ4n) is 2.45. The minimum Gasteiger partial charge on any atom is -0.312 e. The summed E-state index contributed by atoms with van der Waals surface area (Å²) in [5.74, 6) is 6.79. The van der Waals surface area contributed by atoms with Crippen LogP contribution in [0.2, 0.25) is 5.02 Å². The third-order valence-electron chi connectivity index (χ3n) is 3.51. The minimum atomic E-state index is -0.215. The first kappa shape index (κ1) is 15.3. The number of halogens is 2. The first-order valence-electron chi connectivity index (χ1n) is 6.88. The Morgan fingerprint density at radius 3 is 2.82 bits per heavy atom. The number of rotatable bonds is 1. The van der Waals surface area contributed by atoms with E-state index < -0.39 is 0 Å². The summed E-state index contributed by atoms with van der Waals surface area (Å²) >= 11 is 7.80. The predicted octanol–water partition coefficient (Wildman–Crippen LogP) is 4.20. The van der Waals surface area contributed by atoms with Crippen LogP contribution < -0.4 is 11.3 Å². The van der Waals surface area contributed by atoms with Crippen LogP contribution in [0.1, 0.15) is 22.8 Å². The van der Waals surface area contributed by atoms with Gasteiger partial charge >= 0.3 is 0 Å². The number of hydrazine groups is 1. The topological polar surface area (TPSA) is 50.4 Å². The van der Waals surface area contributed by atoms with Crippen molar-refractivity contribution < 1.29 is 4.39 Å². The molecule has 0 radical (unpaired) electrons. The molecule has 1 aliphatic rings. The van der Waals surface area contributed by atoms with Crippen LogP contribution in [0.25, 0.3) is 0 Å². The molecule has 114 valence electrons. The largest absolute Gasteiger partial charge is 0.312 e. The third-order valence-corrected chi connectivity index (χ3v) is 5.02. The van der Waals surface area contributed by atoms with Crippen molar-refractivity contribution in [2.45, 2.75) is 11.7 Å². The smallest absolute Gasteiger partial charge is 0.127 e. The van der Waals surface area contributed by atoms with Crippen LogP contribution in [0.15, 0.2) is 47.5 Å². The average molecular weight is 336 g/mol. The minimum absolute atomic E-state index is 0.141. The van der Waals surface area contributed by atoms with Gasteiger partial charge in [0.1, 0.15) is 11.7 Å². The van der Waals surface area contributed by atoms with Crippen molar-refractivity contribution in [3.63, 3.8) is 0 Å². The lowest BCUT2D eigenvalue weighted by molar-refractivity contribution is 0.613. The van der Waals surface area contributed by atoms with Crippen LogP contribution in [0.5, 0.6) is 0 Å². The quantitative estimate of drug-likeness (QED) is 0.606. The van der Waals surface area contributed by atoms with E-state index >= 15 is 0 Å². The van der Waals surface area contributed by atoms with E-state index in [9.17, 15) is 4.39 Å². The van der Waals surface area contributed by atoms with Crippen LogP contribution >= 0.6 is 23.4 Å². The van der Waals surface area contributed by atoms with Crippen molar-refractivity contribution in [2.75, 3.05) is 5.75 Å². The zero-order valence-electron chi connectivity index (χ0n) is 11.7. The van der Waals surface area contributed by atoms with Crippen molar-refractivity contribution in [1.29, 1.82) is 0 Å². The maximum Gasteiger partial charge on any atom is 0.127 e. The van der Waals surface area contributed by atoms with Gasteiger partial charge in [0.2, 0.25) is 0 Å². The zero-order valence-corrected chi connectivity index (χ0v) is 13.3. The number of nitrogens with two attached hydrogens (primary N) is 1. The molecular weight excluding hydrogens is 321 g/mol. The van der Waals surface area contributed by atoms with Crippen LogP contribution in [0.3, 0.4) is 0 Å². The van der Waals surface area contributed by atoms with Crippen molar-refractivity contribution >= 4 is 34.9 Å². The number of nitrogens with one attached hydrogen (secondary N) is 1. The Balaban J connectivity index is 2.15. The number of hydrogen-bond acceptors (Lipinski definition) is 4. The van der Waals surface area contributed by atoms with E-state index in [1.165, 1.54) is 6.07 Å². The van der Waals surface area contributed by atoms with Gasteiger partial charge < -0.3 is 5.43 Å². The number of fused-ring (bicyclic) bond motifs is 1. The van der Waals surface area contributed by atoms with Gasteiger partial charge in [-0.2, -0.15) is 0 Å². The maximum atomic E-state index is 14.2. The van der Waals surface area contributed by atoms with Crippen LogP contribution in [0, 0.1) is 5.82 Å². The van der Waals surface area contributed by atoms with Gasteiger partial charge in [-0.1, -0.05) is 29.8 Å². The Bertz CT molecular complexity index is 720. The second kappa shape index (κ2) is 6.69. The van der Waals surface area contributed by atoms with E-state index in [-0.39, 0.29) is 11.1 Å². The van der Waals surface area contributed by atoms with Gasteiger partial charge in [0.05, 0.1) is 10.9 Å². The van der Waals surface area contributed by atoms with Crippen molar-refractivity contribution in [3.05, 3.63) is 64.4 Å². The van der Waals surface area contributed by atoms with Gasteiger partial charge in [0.25, 0.3) is 0 Å². The Hall–Kier alpha value is -1.56. The summed E-state index contributed by atoms with van der Waals surface area (Å²) in [5.41, 5.74) is 4.93. The molecule has 1 unspecified atom stereocenters. The standard InChI is InChI=1S/C16H15ClFN3S/c17-10-5-6-14-12(9-10)16(11-3-1-2-4-13(11)18)22-8-7-15(20-14)21-19/h1-6,9,16H,7-8,19H2,(H,20,21). The van der Waals surface area contributed by atoms with E-state index in [1.54, 1.807) is 23.9 Å². The molecular formula is C16H15ClFN3S. The van der Waals surface area contributed by atoms with Crippen LogP contribution in [-0.4, -0.2) is 11.6 Å². The molecule has 6 heteroatoms. The molecule has 3 N–H and O–H groups in total. The molecule has 3 nitrogen and oxygen atoms in total. The summed E-state index contributed by atoms with van der Waals surface area (Å²) in [6, 6.07) is 12.3. The Kier molecular flexibility index (Phi) is 4.66. The number of hydrogen-bond donors (Lipinski definition) is 2. The highest BCUT2D eigenvalue weighted by atomic mass is 35.5. The van der Waals surface area contributed by atoms with Crippen molar-refractivity contribution in [3.8, 4) is 0 Å². The summed E-state index contributed by atoms with van der Waals surface area (Å²) in [5, 5.41) is 0.469. The fourth-order valence-corrected chi connectivity index (χ4v) is 3.92. The second-order valence-electron chi connectivity index (χ2n) is 4.93. The molecule has 0 bridgehead atoms. The molecule has 0 amide bonds. The molecule has 0 saturated carbocycles. The molecule has 2 aromatic rings. The third kappa shape index (κ3) is 3.11.